The molecule has 4 nitrogen and oxygen atoms in total. The molecule has 0 spiro atoms. The van der Waals surface area contributed by atoms with Crippen LogP contribution in [0.25, 0.3) is 0 Å². The highest BCUT2D eigenvalue weighted by atomic mass is 127. The Hall–Kier alpha value is 0.920. The molecular weight excluding hydrogens is 715 g/mol. The largest absolute Gasteiger partial charge is 0.343 e. The lowest BCUT2D eigenvalue weighted by molar-refractivity contribution is 0.577. The zero-order valence-corrected chi connectivity index (χ0v) is 27.5. The summed E-state index contributed by atoms with van der Waals surface area (Å²) < 4.78 is 48.7. The molecule has 0 amide bonds. The predicted octanol–water partition coefficient (Wildman–Crippen LogP) is 8.73. The molecule has 0 heterocycles. The van der Waals surface area contributed by atoms with Gasteiger partial charge < -0.3 is 13.7 Å². The monoisotopic (exact) mass is 743 g/mol. The fourth-order valence-corrected chi connectivity index (χ4v) is 13.8. The number of rotatable bonds is 5. The van der Waals surface area contributed by atoms with Crippen molar-refractivity contribution in [1.29, 1.82) is 0 Å². The van der Waals surface area contributed by atoms with Crippen LogP contribution in [0, 0.1) is 3.57 Å². The normalized spacial score (nSPS) is 13.6. The average molecular weight is 745 g/mol. The third-order valence-corrected chi connectivity index (χ3v) is 15.7. The van der Waals surface area contributed by atoms with Gasteiger partial charge in [-0.2, -0.15) is 0 Å². The number of halogens is 3. The van der Waals surface area contributed by atoms with Gasteiger partial charge in [0.25, 0.3) is 0 Å². The predicted molar refractivity (Wildman–Crippen MR) is 156 cm³/mol. The summed E-state index contributed by atoms with van der Waals surface area (Å²) in [5.41, 5.74) is 0. The Labute approximate surface area is 218 Å². The summed E-state index contributed by atoms with van der Waals surface area (Å²) in [6.45, 7) is 9.99. The molecule has 0 fully saturated rings. The van der Waals surface area contributed by atoms with E-state index in [4.69, 9.17) is 0 Å². The lowest BCUT2D eigenvalue weighted by Crippen LogP contribution is -2.06. The maximum atomic E-state index is 12.4. The second-order valence-corrected chi connectivity index (χ2v) is 23.7. The summed E-state index contributed by atoms with van der Waals surface area (Å²) in [7, 11) is -7.92. The summed E-state index contributed by atoms with van der Waals surface area (Å²) in [4.78, 5) is 0. The molecule has 0 N–H and O–H groups in total. The van der Waals surface area contributed by atoms with Crippen molar-refractivity contribution in [3.8, 4) is 0 Å². The molecule has 2 aromatic carbocycles. The first-order valence-electron chi connectivity index (χ1n) is 9.11. The molecule has 2 aromatic rings. The fraction of sp³-hybridized carbons (Fsp3) is 0.400. The van der Waals surface area contributed by atoms with Crippen molar-refractivity contribution in [3.63, 3.8) is 0 Å². The Kier molecular flexibility index (Phi) is 14.8. The zero-order chi connectivity index (χ0) is 24.5. The molecular formula is C20H30Br2IO4P4+. The van der Waals surface area contributed by atoms with Gasteiger partial charge in [-0.15, -0.1) is 0 Å². The molecule has 0 saturated carbocycles. The molecule has 0 aromatic heterocycles. The molecule has 0 radical (unpaired) electrons. The Bertz CT molecular complexity index is 962. The van der Waals surface area contributed by atoms with Crippen LogP contribution >= 0.6 is 83.7 Å². The Morgan fingerprint density at radius 3 is 1.42 bits per heavy atom. The van der Waals surface area contributed by atoms with Gasteiger partial charge in [0.15, 0.2) is 5.90 Å². The minimum absolute atomic E-state index is 0.307. The van der Waals surface area contributed by atoms with E-state index in [1.165, 1.54) is 3.57 Å². The Morgan fingerprint density at radius 1 is 0.774 bits per heavy atom. The van der Waals surface area contributed by atoms with Crippen LogP contribution in [-0.4, -0.2) is 51.8 Å². The van der Waals surface area contributed by atoms with E-state index < -0.39 is 29.2 Å². The molecule has 0 aliphatic carbocycles. The standard InChI is InChI=1S/C10H15BrO2P2.C6H4BrI.C4H11O2P2/c1-14(2,12)8-15(3,13)10-6-4-9(11)5-7-10;7-5-1-3-6(8)4-2-5;1-7(5)4-8(2,3)6/h4-7H,8H2,1-3H3;1-4H;4H2,1-3H3/q;;+1. The highest BCUT2D eigenvalue weighted by Gasteiger charge is 2.24. The zero-order valence-electron chi connectivity index (χ0n) is 18.6. The maximum Gasteiger partial charge on any atom is 0.343 e. The van der Waals surface area contributed by atoms with Crippen LogP contribution < -0.4 is 5.30 Å². The molecule has 0 aliphatic rings. The fourth-order valence-electron chi connectivity index (χ4n) is 2.40. The average Bonchev–Trinajstić information content (AvgIpc) is 2.55. The first kappa shape index (κ1) is 31.9. The molecule has 2 unspecified atom stereocenters. The van der Waals surface area contributed by atoms with E-state index in [0.717, 1.165) is 14.2 Å². The quantitative estimate of drug-likeness (QED) is 0.227. The van der Waals surface area contributed by atoms with Gasteiger partial charge in [-0.3, -0.25) is 0 Å². The van der Waals surface area contributed by atoms with E-state index in [1.54, 1.807) is 40.0 Å². The SMILES string of the molecule is Brc1ccc(I)cc1.CP(C)(=O)CP(C)(=O)c1ccc(Br)cc1.C[P+](=O)CP(C)(C)=O. The van der Waals surface area contributed by atoms with Gasteiger partial charge in [0.2, 0.25) is 0 Å². The van der Waals surface area contributed by atoms with Crippen LogP contribution in [0.15, 0.2) is 57.5 Å². The van der Waals surface area contributed by atoms with Gasteiger partial charge in [-0.05, 0) is 92.3 Å². The number of hydrogen-bond donors (Lipinski definition) is 0. The minimum atomic E-state index is -2.47. The smallest absolute Gasteiger partial charge is 0.324 e. The molecule has 11 heteroatoms. The molecule has 0 aliphatic heterocycles. The topological polar surface area (TPSA) is 68.3 Å². The van der Waals surface area contributed by atoms with E-state index in [-0.39, 0.29) is 0 Å². The lowest BCUT2D eigenvalue weighted by atomic mass is 10.4. The summed E-state index contributed by atoms with van der Waals surface area (Å²) in [6, 6.07) is 15.6. The van der Waals surface area contributed by atoms with E-state index in [0.29, 0.717) is 11.8 Å². The first-order chi connectivity index (χ1) is 13.9. The van der Waals surface area contributed by atoms with Crippen molar-refractivity contribution in [2.24, 2.45) is 0 Å². The molecule has 2 atom stereocenters. The van der Waals surface area contributed by atoms with Gasteiger partial charge in [0, 0.05) is 17.8 Å². The molecule has 174 valence electrons. The van der Waals surface area contributed by atoms with Gasteiger partial charge in [-0.25, -0.2) is 0 Å². The molecule has 0 bridgehead atoms. The summed E-state index contributed by atoms with van der Waals surface area (Å²) in [5, 5.41) is 0.801. The van der Waals surface area contributed by atoms with Gasteiger partial charge in [0.1, 0.15) is 20.9 Å². The van der Waals surface area contributed by atoms with Crippen LogP contribution in [0.5, 0.6) is 0 Å². The summed E-state index contributed by atoms with van der Waals surface area (Å²) in [6.07, 6.45) is 0. The molecule has 31 heavy (non-hydrogen) atoms. The van der Waals surface area contributed by atoms with Crippen molar-refractivity contribution in [3.05, 3.63) is 61.0 Å². The lowest BCUT2D eigenvalue weighted by Gasteiger charge is -2.16. The van der Waals surface area contributed by atoms with Crippen molar-refractivity contribution >= 4 is 89.0 Å². The Balaban J connectivity index is 0.000000477. The first-order valence-corrected chi connectivity index (χ1v) is 21.6. The van der Waals surface area contributed by atoms with Crippen molar-refractivity contribution in [2.45, 2.75) is 0 Å². The molecule has 2 rings (SSSR count). The minimum Gasteiger partial charge on any atom is -0.324 e. The van der Waals surface area contributed by atoms with Crippen LogP contribution in [0.1, 0.15) is 0 Å². The highest BCUT2D eigenvalue weighted by Crippen LogP contribution is 2.54. The number of hydrogen-bond acceptors (Lipinski definition) is 4. The Morgan fingerprint density at radius 2 is 1.16 bits per heavy atom. The summed E-state index contributed by atoms with van der Waals surface area (Å²) >= 11 is 8.95. The van der Waals surface area contributed by atoms with Crippen LogP contribution in [0.2, 0.25) is 0 Å². The third-order valence-electron chi connectivity index (χ3n) is 3.33. The van der Waals surface area contributed by atoms with Crippen molar-refractivity contribution < 1.29 is 18.3 Å². The van der Waals surface area contributed by atoms with Crippen molar-refractivity contribution in [1.82, 2.24) is 0 Å². The van der Waals surface area contributed by atoms with Crippen LogP contribution in [0.4, 0.5) is 0 Å². The van der Waals surface area contributed by atoms with E-state index in [2.05, 4.69) is 66.6 Å². The van der Waals surface area contributed by atoms with Crippen LogP contribution in [0.3, 0.4) is 0 Å². The highest BCUT2D eigenvalue weighted by molar-refractivity contribution is 14.1. The number of benzene rings is 2. The van der Waals surface area contributed by atoms with E-state index >= 15 is 0 Å². The second kappa shape index (κ2) is 14.3. The van der Waals surface area contributed by atoms with Gasteiger partial charge in [-0.1, -0.05) is 48.6 Å². The second-order valence-electron chi connectivity index (χ2n) is 8.07. The maximum absolute atomic E-state index is 12.4. The summed E-state index contributed by atoms with van der Waals surface area (Å²) in [5.74, 6) is 0.698. The van der Waals surface area contributed by atoms with Gasteiger partial charge >= 0.3 is 7.80 Å². The molecule has 0 saturated heterocycles. The third kappa shape index (κ3) is 18.0. The van der Waals surface area contributed by atoms with Gasteiger partial charge in [0.05, 0.1) is 13.0 Å². The van der Waals surface area contributed by atoms with E-state index in [9.17, 15) is 18.3 Å². The van der Waals surface area contributed by atoms with Crippen molar-refractivity contribution in [2.75, 3.05) is 51.8 Å². The van der Waals surface area contributed by atoms with E-state index in [1.807, 2.05) is 36.4 Å². The van der Waals surface area contributed by atoms with Crippen LogP contribution in [-0.2, 0) is 18.3 Å².